The van der Waals surface area contributed by atoms with E-state index in [1.807, 2.05) is 0 Å². The number of Topliss-reactive ketones (excluding diaryl/α,β-unsaturated/α-hetero) is 1. The molecular weight excluding hydrogens is 500 g/mol. The number of nitrogens with zero attached hydrogens (tertiary/aromatic N) is 1. The van der Waals surface area contributed by atoms with Crippen molar-refractivity contribution in [1.29, 1.82) is 0 Å². The van der Waals surface area contributed by atoms with E-state index in [-0.39, 0.29) is 35.3 Å². The molecule has 188 valence electrons. The Kier molecular flexibility index (Phi) is 7.55. The fraction of sp³-hybridized carbons (Fsp3) is 0.111. The number of nitro benzene ring substituents is 1. The molecule has 3 aromatic carbocycles. The van der Waals surface area contributed by atoms with Crippen LogP contribution in [0.1, 0.15) is 39.2 Å². The van der Waals surface area contributed by atoms with Gasteiger partial charge in [0.25, 0.3) is 11.6 Å². The standard InChI is InChI=1S/C27H21ClN2O7/c1-16-11-22(7-9-25(16)28)36-24-13-19(12-20(14-24)30(33)34)29-27(32)26-10-8-23(37-26)15-35-21-5-3-18(4-6-21)17(2)31/h3-14H,15H2,1-2H3,(H,29,32). The maximum atomic E-state index is 12.7. The minimum atomic E-state index is -0.606. The van der Waals surface area contributed by atoms with E-state index in [4.69, 9.17) is 25.5 Å². The number of benzene rings is 3. The third kappa shape index (κ3) is 6.53. The van der Waals surface area contributed by atoms with E-state index in [1.165, 1.54) is 31.2 Å². The summed E-state index contributed by atoms with van der Waals surface area (Å²) in [5, 5.41) is 14.6. The molecule has 0 fully saturated rings. The molecule has 0 saturated carbocycles. The Balaban J connectivity index is 1.44. The van der Waals surface area contributed by atoms with Gasteiger partial charge in [-0.3, -0.25) is 19.7 Å². The molecule has 0 atom stereocenters. The number of hydrogen-bond donors (Lipinski definition) is 1. The van der Waals surface area contributed by atoms with Crippen LogP contribution in [-0.4, -0.2) is 16.6 Å². The number of carbonyl (C=O) groups is 2. The lowest BCUT2D eigenvalue weighted by Gasteiger charge is -2.10. The van der Waals surface area contributed by atoms with E-state index < -0.39 is 10.8 Å². The highest BCUT2D eigenvalue weighted by molar-refractivity contribution is 6.31. The number of furan rings is 1. The van der Waals surface area contributed by atoms with E-state index in [9.17, 15) is 19.7 Å². The molecule has 4 aromatic rings. The van der Waals surface area contributed by atoms with Crippen molar-refractivity contribution in [2.75, 3.05) is 5.32 Å². The number of anilines is 1. The minimum absolute atomic E-state index is 0.00664. The van der Waals surface area contributed by atoms with Crippen LogP contribution in [0, 0.1) is 17.0 Å². The maximum absolute atomic E-state index is 12.7. The molecule has 0 saturated heterocycles. The average Bonchev–Trinajstić information content (AvgIpc) is 3.34. The Morgan fingerprint density at radius 3 is 2.38 bits per heavy atom. The highest BCUT2D eigenvalue weighted by Crippen LogP contribution is 2.31. The molecule has 0 radical (unpaired) electrons. The lowest BCUT2D eigenvalue weighted by Crippen LogP contribution is -2.11. The van der Waals surface area contributed by atoms with Crippen molar-refractivity contribution in [3.8, 4) is 17.2 Å². The molecule has 0 bridgehead atoms. The summed E-state index contributed by atoms with van der Waals surface area (Å²) in [6.45, 7) is 3.34. The summed E-state index contributed by atoms with van der Waals surface area (Å²) in [6.07, 6.45) is 0. The van der Waals surface area contributed by atoms with Crippen LogP contribution >= 0.6 is 11.6 Å². The number of halogens is 1. The largest absolute Gasteiger partial charge is 0.486 e. The zero-order chi connectivity index (χ0) is 26.5. The Hall–Kier alpha value is -4.63. The predicted octanol–water partition coefficient (Wildman–Crippen LogP) is 6.98. The van der Waals surface area contributed by atoms with Gasteiger partial charge in [-0.2, -0.15) is 0 Å². The number of rotatable bonds is 9. The van der Waals surface area contributed by atoms with E-state index in [0.717, 1.165) is 5.56 Å². The number of nitrogens with one attached hydrogen (secondary N) is 1. The fourth-order valence-corrected chi connectivity index (χ4v) is 3.46. The van der Waals surface area contributed by atoms with E-state index in [1.54, 1.807) is 55.5 Å². The van der Waals surface area contributed by atoms with Crippen molar-refractivity contribution in [1.82, 2.24) is 0 Å². The molecule has 1 amide bonds. The summed E-state index contributed by atoms with van der Waals surface area (Å²) in [5.41, 5.74) is 1.24. The summed E-state index contributed by atoms with van der Waals surface area (Å²) in [4.78, 5) is 34.9. The summed E-state index contributed by atoms with van der Waals surface area (Å²) in [6, 6.07) is 18.6. The molecule has 0 aliphatic heterocycles. The quantitative estimate of drug-likeness (QED) is 0.143. The zero-order valence-corrected chi connectivity index (χ0v) is 20.6. The van der Waals surface area contributed by atoms with Crippen molar-refractivity contribution in [3.63, 3.8) is 0 Å². The molecule has 9 nitrogen and oxygen atoms in total. The fourth-order valence-electron chi connectivity index (χ4n) is 3.35. The second-order valence-corrected chi connectivity index (χ2v) is 8.48. The highest BCUT2D eigenvalue weighted by atomic mass is 35.5. The van der Waals surface area contributed by atoms with Gasteiger partial charge in [0, 0.05) is 22.7 Å². The van der Waals surface area contributed by atoms with E-state index >= 15 is 0 Å². The van der Waals surface area contributed by atoms with Gasteiger partial charge < -0.3 is 19.2 Å². The van der Waals surface area contributed by atoms with Gasteiger partial charge in [0.15, 0.2) is 11.5 Å². The Labute approximate surface area is 216 Å². The molecule has 0 aliphatic carbocycles. The molecule has 4 rings (SSSR count). The van der Waals surface area contributed by atoms with E-state index in [2.05, 4.69) is 5.32 Å². The first-order valence-corrected chi connectivity index (χ1v) is 11.4. The number of nitro groups is 1. The first-order chi connectivity index (χ1) is 17.7. The number of ether oxygens (including phenoxy) is 2. The van der Waals surface area contributed by atoms with Crippen LogP contribution in [0.3, 0.4) is 0 Å². The highest BCUT2D eigenvalue weighted by Gasteiger charge is 2.17. The average molecular weight is 521 g/mol. The van der Waals surface area contributed by atoms with Crippen LogP contribution in [0.25, 0.3) is 0 Å². The topological polar surface area (TPSA) is 121 Å². The van der Waals surface area contributed by atoms with Crippen LogP contribution in [0.4, 0.5) is 11.4 Å². The minimum Gasteiger partial charge on any atom is -0.486 e. The van der Waals surface area contributed by atoms with Crippen molar-refractivity contribution in [2.24, 2.45) is 0 Å². The lowest BCUT2D eigenvalue weighted by molar-refractivity contribution is -0.384. The van der Waals surface area contributed by atoms with Gasteiger partial charge >= 0.3 is 0 Å². The summed E-state index contributed by atoms with van der Waals surface area (Å²) in [7, 11) is 0. The number of hydrogen-bond acceptors (Lipinski definition) is 7. The smallest absolute Gasteiger partial charge is 0.291 e. The first-order valence-electron chi connectivity index (χ1n) is 11.1. The van der Waals surface area contributed by atoms with Crippen molar-refractivity contribution in [2.45, 2.75) is 20.5 Å². The number of ketones is 1. The summed E-state index contributed by atoms with van der Waals surface area (Å²) >= 11 is 6.04. The van der Waals surface area contributed by atoms with E-state index in [0.29, 0.717) is 27.8 Å². The van der Waals surface area contributed by atoms with Gasteiger partial charge in [-0.25, -0.2) is 0 Å². The number of aryl methyl sites for hydroxylation is 1. The van der Waals surface area contributed by atoms with Crippen LogP contribution < -0.4 is 14.8 Å². The Bertz CT molecular complexity index is 1480. The van der Waals surface area contributed by atoms with Gasteiger partial charge in [-0.05, 0) is 74.0 Å². The third-order valence-corrected chi connectivity index (χ3v) is 5.68. The van der Waals surface area contributed by atoms with Gasteiger partial charge in [-0.1, -0.05) is 11.6 Å². The normalized spacial score (nSPS) is 10.6. The molecular formula is C27H21ClN2O7. The number of carbonyl (C=O) groups excluding carboxylic acids is 2. The van der Waals surface area contributed by atoms with Gasteiger partial charge in [0.2, 0.25) is 0 Å². The van der Waals surface area contributed by atoms with Crippen molar-refractivity contribution in [3.05, 3.63) is 111 Å². The molecule has 0 unspecified atom stereocenters. The van der Waals surface area contributed by atoms with Crippen LogP contribution in [0.5, 0.6) is 17.2 Å². The van der Waals surface area contributed by atoms with Crippen LogP contribution in [0.15, 0.2) is 77.2 Å². The second kappa shape index (κ2) is 11.0. The first kappa shape index (κ1) is 25.5. The SMILES string of the molecule is CC(=O)c1ccc(OCc2ccc(C(=O)Nc3cc(Oc4ccc(Cl)c(C)c4)cc([N+](=O)[O-])c3)o2)cc1. The number of non-ortho nitro benzene ring substituents is 1. The van der Waals surface area contributed by atoms with Crippen LogP contribution in [-0.2, 0) is 6.61 Å². The maximum Gasteiger partial charge on any atom is 0.291 e. The van der Waals surface area contributed by atoms with Crippen molar-refractivity contribution < 1.29 is 28.4 Å². The summed E-state index contributed by atoms with van der Waals surface area (Å²) in [5.74, 6) is 0.866. The molecule has 0 aliphatic rings. The molecule has 1 aromatic heterocycles. The predicted molar refractivity (Wildman–Crippen MR) is 137 cm³/mol. The lowest BCUT2D eigenvalue weighted by atomic mass is 10.1. The third-order valence-electron chi connectivity index (χ3n) is 5.25. The van der Waals surface area contributed by atoms with Gasteiger partial charge in [0.05, 0.1) is 16.7 Å². The van der Waals surface area contributed by atoms with Crippen LogP contribution in [0.2, 0.25) is 5.02 Å². The molecule has 10 heteroatoms. The monoisotopic (exact) mass is 520 g/mol. The van der Waals surface area contributed by atoms with Crippen molar-refractivity contribution >= 4 is 34.7 Å². The summed E-state index contributed by atoms with van der Waals surface area (Å²) < 4.78 is 17.0. The van der Waals surface area contributed by atoms with Gasteiger partial charge in [-0.15, -0.1) is 0 Å². The Morgan fingerprint density at radius 1 is 0.973 bits per heavy atom. The van der Waals surface area contributed by atoms with Gasteiger partial charge in [0.1, 0.15) is 29.6 Å². The number of amides is 1. The molecule has 1 N–H and O–H groups in total. The molecule has 0 spiro atoms. The Morgan fingerprint density at radius 2 is 1.70 bits per heavy atom. The zero-order valence-electron chi connectivity index (χ0n) is 19.8. The molecule has 1 heterocycles. The second-order valence-electron chi connectivity index (χ2n) is 8.08. The molecule has 37 heavy (non-hydrogen) atoms.